The van der Waals surface area contributed by atoms with Crippen molar-refractivity contribution in [1.29, 1.82) is 0 Å². The molecule has 0 radical (unpaired) electrons. The molecule has 1 aromatic rings. The first kappa shape index (κ1) is 17.8. The standard InChI is InChI=1S/C22H33N3O/c1-15(2)5-7-19-11-21-9-16(3)17(4)10-22(25(21)23-19)24-12-18-6-8-20(24)14-26-13-18/h10-11,15,18,20H,5-9,12-14H2,1-4H3. The summed E-state index contributed by atoms with van der Waals surface area (Å²) in [6.45, 7) is 12.0. The molecule has 0 aliphatic carbocycles. The van der Waals surface area contributed by atoms with Crippen LogP contribution in [0.15, 0.2) is 23.3 Å². The molecule has 0 N–H and O–H groups in total. The van der Waals surface area contributed by atoms with E-state index in [2.05, 4.69) is 49.4 Å². The van der Waals surface area contributed by atoms with Gasteiger partial charge in [0, 0.05) is 13.0 Å². The summed E-state index contributed by atoms with van der Waals surface area (Å²) in [4.78, 5) is 2.59. The molecule has 4 nitrogen and oxygen atoms in total. The highest BCUT2D eigenvalue weighted by Crippen LogP contribution is 2.34. The molecule has 2 bridgehead atoms. The second-order valence-corrected chi connectivity index (χ2v) is 8.90. The van der Waals surface area contributed by atoms with E-state index >= 15 is 0 Å². The van der Waals surface area contributed by atoms with E-state index < -0.39 is 0 Å². The molecule has 4 heteroatoms. The third-order valence-corrected chi connectivity index (χ3v) is 6.26. The molecule has 5 rings (SSSR count). The highest BCUT2D eigenvalue weighted by Gasteiger charge is 2.35. The molecule has 3 fully saturated rings. The van der Waals surface area contributed by atoms with E-state index in [-0.39, 0.29) is 0 Å². The predicted molar refractivity (Wildman–Crippen MR) is 106 cm³/mol. The van der Waals surface area contributed by atoms with E-state index in [0.717, 1.165) is 32.6 Å². The Labute approximate surface area is 157 Å². The number of rotatable bonds is 4. The fourth-order valence-electron chi connectivity index (χ4n) is 4.41. The SMILES string of the molecule is CC1=C(C)Cc2cc(CCC(C)C)nn2C(N2CC3CCC2COC3)=C1. The molecule has 0 saturated carbocycles. The molecule has 26 heavy (non-hydrogen) atoms. The summed E-state index contributed by atoms with van der Waals surface area (Å²) < 4.78 is 8.18. The number of nitrogens with zero attached hydrogens (tertiary/aromatic N) is 3. The van der Waals surface area contributed by atoms with Gasteiger partial charge in [0.05, 0.1) is 30.6 Å². The van der Waals surface area contributed by atoms with Gasteiger partial charge in [0.1, 0.15) is 5.82 Å². The number of ether oxygens (including phenoxy) is 1. The Kier molecular flexibility index (Phi) is 4.96. The lowest BCUT2D eigenvalue weighted by molar-refractivity contribution is 0.120. The van der Waals surface area contributed by atoms with Gasteiger partial charge in [-0.3, -0.25) is 0 Å². The van der Waals surface area contributed by atoms with E-state index in [1.807, 2.05) is 0 Å². The Morgan fingerprint density at radius 3 is 2.88 bits per heavy atom. The zero-order chi connectivity index (χ0) is 18.3. The van der Waals surface area contributed by atoms with Gasteiger partial charge in [-0.2, -0.15) is 5.10 Å². The van der Waals surface area contributed by atoms with Gasteiger partial charge in [-0.15, -0.1) is 0 Å². The van der Waals surface area contributed by atoms with Crippen LogP contribution < -0.4 is 0 Å². The summed E-state index contributed by atoms with van der Waals surface area (Å²) >= 11 is 0. The monoisotopic (exact) mass is 355 g/mol. The second-order valence-electron chi connectivity index (χ2n) is 8.90. The van der Waals surface area contributed by atoms with Crippen LogP contribution in [0.4, 0.5) is 0 Å². The number of hydrogen-bond acceptors (Lipinski definition) is 3. The average molecular weight is 356 g/mol. The third-order valence-electron chi connectivity index (χ3n) is 6.26. The van der Waals surface area contributed by atoms with E-state index in [4.69, 9.17) is 9.84 Å². The van der Waals surface area contributed by atoms with Gasteiger partial charge in [0.25, 0.3) is 0 Å². The predicted octanol–water partition coefficient (Wildman–Crippen LogP) is 4.27. The van der Waals surface area contributed by atoms with Crippen molar-refractivity contribution in [3.8, 4) is 0 Å². The summed E-state index contributed by atoms with van der Waals surface area (Å²) in [6, 6.07) is 2.83. The summed E-state index contributed by atoms with van der Waals surface area (Å²) in [5, 5.41) is 5.06. The fourth-order valence-corrected chi connectivity index (χ4v) is 4.41. The van der Waals surface area contributed by atoms with Crippen molar-refractivity contribution in [2.24, 2.45) is 11.8 Å². The lowest BCUT2D eigenvalue weighted by Gasteiger charge is -2.38. The summed E-state index contributed by atoms with van der Waals surface area (Å²) in [5.41, 5.74) is 5.41. The van der Waals surface area contributed by atoms with Crippen LogP contribution in [0.2, 0.25) is 0 Å². The minimum absolute atomic E-state index is 0.488. The average Bonchev–Trinajstić information content (AvgIpc) is 2.76. The topological polar surface area (TPSA) is 30.3 Å². The van der Waals surface area contributed by atoms with Crippen LogP contribution >= 0.6 is 0 Å². The lowest BCUT2D eigenvalue weighted by atomic mass is 9.95. The number of hydrogen-bond donors (Lipinski definition) is 0. The first-order valence-electron chi connectivity index (χ1n) is 10.3. The highest BCUT2D eigenvalue weighted by atomic mass is 16.5. The summed E-state index contributed by atoms with van der Waals surface area (Å²) in [6.07, 6.45) is 8.17. The van der Waals surface area contributed by atoms with Crippen LogP contribution in [0.1, 0.15) is 58.3 Å². The van der Waals surface area contributed by atoms with Crippen LogP contribution in [0.5, 0.6) is 0 Å². The number of aromatic nitrogens is 2. The Morgan fingerprint density at radius 1 is 1.23 bits per heavy atom. The maximum Gasteiger partial charge on any atom is 0.130 e. The van der Waals surface area contributed by atoms with Gasteiger partial charge >= 0.3 is 0 Å². The molecule has 142 valence electrons. The van der Waals surface area contributed by atoms with Gasteiger partial charge in [0.15, 0.2) is 0 Å². The van der Waals surface area contributed by atoms with Crippen molar-refractivity contribution >= 4 is 5.82 Å². The maximum atomic E-state index is 5.93. The number of piperidine rings is 1. The molecule has 0 aromatic carbocycles. The van der Waals surface area contributed by atoms with E-state index in [9.17, 15) is 0 Å². The molecule has 4 aliphatic heterocycles. The number of aryl methyl sites for hydroxylation is 1. The van der Waals surface area contributed by atoms with E-state index in [1.54, 1.807) is 0 Å². The lowest BCUT2D eigenvalue weighted by Crippen LogP contribution is -2.43. The third kappa shape index (κ3) is 3.48. The quantitative estimate of drug-likeness (QED) is 0.808. The Bertz CT molecular complexity index is 724. The van der Waals surface area contributed by atoms with E-state index in [0.29, 0.717) is 17.9 Å². The number of allylic oxidation sites excluding steroid dienone is 3. The van der Waals surface area contributed by atoms with Crippen molar-refractivity contribution in [2.45, 2.75) is 65.8 Å². The fraction of sp³-hybridized carbons (Fsp3) is 0.682. The van der Waals surface area contributed by atoms with Crippen LogP contribution in [-0.2, 0) is 17.6 Å². The summed E-state index contributed by atoms with van der Waals surface area (Å²) in [7, 11) is 0. The van der Waals surface area contributed by atoms with Crippen molar-refractivity contribution in [3.63, 3.8) is 0 Å². The van der Waals surface area contributed by atoms with Crippen molar-refractivity contribution < 1.29 is 4.74 Å². The molecule has 0 amide bonds. The zero-order valence-electron chi connectivity index (χ0n) is 16.8. The normalized spacial score (nSPS) is 26.0. The molecule has 2 unspecified atom stereocenters. The van der Waals surface area contributed by atoms with Crippen LogP contribution in [0.25, 0.3) is 5.82 Å². The van der Waals surface area contributed by atoms with Gasteiger partial charge in [-0.05, 0) is 69.1 Å². The molecule has 2 atom stereocenters. The second kappa shape index (κ2) is 7.22. The van der Waals surface area contributed by atoms with Gasteiger partial charge in [0.2, 0.25) is 0 Å². The van der Waals surface area contributed by atoms with Gasteiger partial charge in [-0.25, -0.2) is 4.68 Å². The summed E-state index contributed by atoms with van der Waals surface area (Å²) in [5.74, 6) is 2.64. The maximum absolute atomic E-state index is 5.93. The molecule has 5 heterocycles. The van der Waals surface area contributed by atoms with Gasteiger partial charge < -0.3 is 9.64 Å². The molecule has 3 saturated heterocycles. The number of fused-ring (bicyclic) bond motifs is 5. The van der Waals surface area contributed by atoms with Crippen molar-refractivity contribution in [2.75, 3.05) is 19.8 Å². The Morgan fingerprint density at radius 2 is 2.08 bits per heavy atom. The largest absolute Gasteiger partial charge is 0.379 e. The Balaban J connectivity index is 1.70. The molecular weight excluding hydrogens is 322 g/mol. The first-order chi connectivity index (χ1) is 12.5. The highest BCUT2D eigenvalue weighted by molar-refractivity contribution is 5.54. The van der Waals surface area contributed by atoms with E-state index in [1.165, 1.54) is 47.6 Å². The molecule has 0 spiro atoms. The molecule has 4 aliphatic rings. The van der Waals surface area contributed by atoms with Crippen LogP contribution in [0, 0.1) is 11.8 Å². The van der Waals surface area contributed by atoms with Crippen molar-refractivity contribution in [1.82, 2.24) is 14.7 Å². The molecule has 1 aromatic heterocycles. The first-order valence-corrected chi connectivity index (χ1v) is 10.3. The Hall–Kier alpha value is -1.55. The van der Waals surface area contributed by atoms with Crippen molar-refractivity contribution in [3.05, 3.63) is 34.7 Å². The smallest absolute Gasteiger partial charge is 0.130 e. The van der Waals surface area contributed by atoms with Crippen LogP contribution in [-0.4, -0.2) is 40.5 Å². The molecular formula is C22H33N3O. The minimum Gasteiger partial charge on any atom is -0.379 e. The van der Waals surface area contributed by atoms with Gasteiger partial charge in [-0.1, -0.05) is 19.4 Å². The minimum atomic E-state index is 0.488. The zero-order valence-corrected chi connectivity index (χ0v) is 16.8. The van der Waals surface area contributed by atoms with Crippen LogP contribution in [0.3, 0.4) is 0 Å².